The van der Waals surface area contributed by atoms with E-state index >= 15 is 0 Å². The zero-order chi connectivity index (χ0) is 9.52. The van der Waals surface area contributed by atoms with Crippen LogP contribution in [-0.2, 0) is 11.2 Å². The summed E-state index contributed by atoms with van der Waals surface area (Å²) in [7, 11) is 1.89. The van der Waals surface area contributed by atoms with Crippen LogP contribution < -0.4 is 5.32 Å². The Morgan fingerprint density at radius 3 is 3.08 bits per heavy atom. The maximum absolute atomic E-state index is 11.3. The average molecular weight is 181 g/mol. The number of nitrogens with one attached hydrogen (secondary N) is 1. The Bertz CT molecular complexity index is 241. The third kappa shape index (κ3) is 3.90. The van der Waals surface area contributed by atoms with E-state index in [9.17, 15) is 4.79 Å². The van der Waals surface area contributed by atoms with Gasteiger partial charge in [-0.2, -0.15) is 0 Å². The van der Waals surface area contributed by atoms with Crippen molar-refractivity contribution in [2.45, 2.75) is 19.3 Å². The Balaban J connectivity index is 2.18. The Morgan fingerprint density at radius 1 is 1.62 bits per heavy atom. The summed E-state index contributed by atoms with van der Waals surface area (Å²) in [5.41, 5.74) is 0. The van der Waals surface area contributed by atoms with Crippen molar-refractivity contribution in [2.24, 2.45) is 0 Å². The van der Waals surface area contributed by atoms with Gasteiger partial charge < -0.3 is 9.73 Å². The van der Waals surface area contributed by atoms with Gasteiger partial charge >= 0.3 is 0 Å². The molecule has 0 spiro atoms. The monoisotopic (exact) mass is 181 g/mol. The van der Waals surface area contributed by atoms with Crippen molar-refractivity contribution in [3.63, 3.8) is 0 Å². The Morgan fingerprint density at radius 2 is 2.46 bits per heavy atom. The molecule has 1 heterocycles. The topological polar surface area (TPSA) is 42.2 Å². The van der Waals surface area contributed by atoms with Crippen molar-refractivity contribution >= 4 is 5.78 Å². The lowest BCUT2D eigenvalue weighted by Gasteiger charge is -1.98. The quantitative estimate of drug-likeness (QED) is 0.674. The molecule has 3 heteroatoms. The number of carbonyl (C=O) groups is 1. The standard InChI is InChI=1S/C10H15NO2/c1-11-6-2-4-9(12)8-10-5-3-7-13-10/h3,5,7,11H,2,4,6,8H2,1H3. The number of ketones is 1. The van der Waals surface area contributed by atoms with Gasteiger partial charge in [-0.15, -0.1) is 0 Å². The normalized spacial score (nSPS) is 10.2. The van der Waals surface area contributed by atoms with Crippen LogP contribution in [0.4, 0.5) is 0 Å². The van der Waals surface area contributed by atoms with E-state index < -0.39 is 0 Å². The second kappa shape index (κ2) is 5.54. The molecule has 1 aromatic heterocycles. The van der Waals surface area contributed by atoms with Crippen molar-refractivity contribution in [1.82, 2.24) is 5.32 Å². The van der Waals surface area contributed by atoms with Gasteiger partial charge in [0.1, 0.15) is 11.5 Å². The first-order valence-corrected chi connectivity index (χ1v) is 4.51. The molecule has 0 aromatic carbocycles. The highest BCUT2D eigenvalue weighted by Gasteiger charge is 2.04. The van der Waals surface area contributed by atoms with Gasteiger partial charge in [-0.05, 0) is 32.1 Å². The second-order valence-corrected chi connectivity index (χ2v) is 3.00. The highest BCUT2D eigenvalue weighted by atomic mass is 16.3. The fourth-order valence-electron chi connectivity index (χ4n) is 1.16. The number of rotatable bonds is 6. The zero-order valence-corrected chi connectivity index (χ0v) is 7.88. The third-order valence-corrected chi connectivity index (χ3v) is 1.83. The highest BCUT2D eigenvalue weighted by Crippen LogP contribution is 2.03. The molecule has 0 aliphatic heterocycles. The Kier molecular flexibility index (Phi) is 4.26. The molecule has 0 aliphatic rings. The summed E-state index contributed by atoms with van der Waals surface area (Å²) in [4.78, 5) is 11.3. The molecule has 0 unspecified atom stereocenters. The van der Waals surface area contributed by atoms with Crippen LogP contribution in [0.1, 0.15) is 18.6 Å². The molecule has 0 atom stereocenters. The second-order valence-electron chi connectivity index (χ2n) is 3.00. The molecule has 0 bridgehead atoms. The van der Waals surface area contributed by atoms with Crippen LogP contribution in [0.15, 0.2) is 22.8 Å². The van der Waals surface area contributed by atoms with Gasteiger partial charge in [0.2, 0.25) is 0 Å². The summed E-state index contributed by atoms with van der Waals surface area (Å²) < 4.78 is 5.07. The molecule has 1 rings (SSSR count). The third-order valence-electron chi connectivity index (χ3n) is 1.83. The Hall–Kier alpha value is -1.09. The number of hydrogen-bond acceptors (Lipinski definition) is 3. The lowest BCUT2D eigenvalue weighted by Crippen LogP contribution is -2.10. The molecule has 0 saturated carbocycles. The van der Waals surface area contributed by atoms with Crippen molar-refractivity contribution in [1.29, 1.82) is 0 Å². The van der Waals surface area contributed by atoms with Gasteiger partial charge in [0.15, 0.2) is 0 Å². The van der Waals surface area contributed by atoms with Crippen molar-refractivity contribution in [3.05, 3.63) is 24.2 Å². The van der Waals surface area contributed by atoms with Crippen LogP contribution in [0.2, 0.25) is 0 Å². The lowest BCUT2D eigenvalue weighted by molar-refractivity contribution is -0.118. The smallest absolute Gasteiger partial charge is 0.140 e. The van der Waals surface area contributed by atoms with Crippen LogP contribution in [0, 0.1) is 0 Å². The minimum Gasteiger partial charge on any atom is -0.469 e. The van der Waals surface area contributed by atoms with Gasteiger partial charge in [-0.1, -0.05) is 0 Å². The molecule has 1 aromatic rings. The van der Waals surface area contributed by atoms with Gasteiger partial charge in [0, 0.05) is 6.42 Å². The zero-order valence-electron chi connectivity index (χ0n) is 7.88. The molecule has 0 aliphatic carbocycles. The number of carbonyl (C=O) groups excluding carboxylic acids is 1. The summed E-state index contributed by atoms with van der Waals surface area (Å²) in [6, 6.07) is 3.63. The van der Waals surface area contributed by atoms with Crippen LogP contribution >= 0.6 is 0 Å². The molecule has 0 fully saturated rings. The van der Waals surface area contributed by atoms with E-state index in [0.717, 1.165) is 18.7 Å². The van der Waals surface area contributed by atoms with Gasteiger partial charge in [-0.3, -0.25) is 4.79 Å². The first kappa shape index (κ1) is 9.99. The predicted octanol–water partition coefficient (Wildman–Crippen LogP) is 1.39. The fraction of sp³-hybridized carbons (Fsp3) is 0.500. The van der Waals surface area contributed by atoms with Crippen LogP contribution in [-0.4, -0.2) is 19.4 Å². The van der Waals surface area contributed by atoms with Crippen LogP contribution in [0.5, 0.6) is 0 Å². The molecular formula is C10H15NO2. The molecule has 3 nitrogen and oxygen atoms in total. The molecule has 13 heavy (non-hydrogen) atoms. The fourth-order valence-corrected chi connectivity index (χ4v) is 1.16. The predicted molar refractivity (Wildman–Crippen MR) is 50.6 cm³/mol. The SMILES string of the molecule is CNCCCC(=O)Cc1ccco1. The van der Waals surface area contributed by atoms with E-state index in [1.54, 1.807) is 12.3 Å². The Labute approximate surface area is 78.1 Å². The van der Waals surface area contributed by atoms with Gasteiger partial charge in [0.05, 0.1) is 12.7 Å². The minimum atomic E-state index is 0.241. The summed E-state index contributed by atoms with van der Waals surface area (Å²) in [5, 5.41) is 3.01. The number of Topliss-reactive ketones (excluding diaryl/α,β-unsaturated/α-hetero) is 1. The van der Waals surface area contributed by atoms with Crippen molar-refractivity contribution in [3.8, 4) is 0 Å². The average Bonchev–Trinajstić information content (AvgIpc) is 2.57. The van der Waals surface area contributed by atoms with E-state index in [1.165, 1.54) is 0 Å². The van der Waals surface area contributed by atoms with Crippen LogP contribution in [0.25, 0.3) is 0 Å². The summed E-state index contributed by atoms with van der Waals surface area (Å²) >= 11 is 0. The largest absolute Gasteiger partial charge is 0.469 e. The molecular weight excluding hydrogens is 166 g/mol. The minimum absolute atomic E-state index is 0.241. The molecule has 0 radical (unpaired) electrons. The first-order valence-electron chi connectivity index (χ1n) is 4.51. The van der Waals surface area contributed by atoms with E-state index in [2.05, 4.69) is 5.32 Å². The van der Waals surface area contributed by atoms with Gasteiger partial charge in [0.25, 0.3) is 0 Å². The first-order chi connectivity index (χ1) is 6.33. The lowest BCUT2D eigenvalue weighted by atomic mass is 10.1. The molecule has 72 valence electrons. The summed E-state index contributed by atoms with van der Waals surface area (Å²) in [6.45, 7) is 0.893. The summed E-state index contributed by atoms with van der Waals surface area (Å²) in [5.74, 6) is 1.000. The maximum atomic E-state index is 11.3. The van der Waals surface area contributed by atoms with Gasteiger partial charge in [-0.25, -0.2) is 0 Å². The van der Waals surface area contributed by atoms with E-state index in [-0.39, 0.29) is 5.78 Å². The van der Waals surface area contributed by atoms with E-state index in [4.69, 9.17) is 4.42 Å². The molecule has 0 amide bonds. The van der Waals surface area contributed by atoms with E-state index in [1.807, 2.05) is 13.1 Å². The maximum Gasteiger partial charge on any atom is 0.140 e. The molecule has 1 N–H and O–H groups in total. The number of furan rings is 1. The van der Waals surface area contributed by atoms with Crippen molar-refractivity contribution in [2.75, 3.05) is 13.6 Å². The number of hydrogen-bond donors (Lipinski definition) is 1. The van der Waals surface area contributed by atoms with Crippen molar-refractivity contribution < 1.29 is 9.21 Å². The van der Waals surface area contributed by atoms with E-state index in [0.29, 0.717) is 12.8 Å². The molecule has 0 saturated heterocycles. The van der Waals surface area contributed by atoms with Crippen LogP contribution in [0.3, 0.4) is 0 Å². The summed E-state index contributed by atoms with van der Waals surface area (Å²) in [6.07, 6.45) is 3.55. The highest BCUT2D eigenvalue weighted by molar-refractivity contribution is 5.80.